The van der Waals surface area contributed by atoms with Crippen molar-refractivity contribution < 1.29 is 18.6 Å². The van der Waals surface area contributed by atoms with E-state index in [9.17, 15) is 13.9 Å². The normalized spacial score (nSPS) is 12.2. The Morgan fingerprint density at radius 1 is 1.32 bits per heavy atom. The molecule has 0 aliphatic rings. The minimum atomic E-state index is -0.824. The molecule has 7 heteroatoms. The smallest absolute Gasteiger partial charge is 0.190 e. The third kappa shape index (κ3) is 6.51. The molecule has 1 rings (SSSR count). The minimum Gasteiger partial charge on any atom is -0.485 e. The van der Waals surface area contributed by atoms with E-state index in [0.29, 0.717) is 11.0 Å². The molecular formula is C12H17BrClF2NO2. The van der Waals surface area contributed by atoms with Crippen LogP contribution >= 0.6 is 28.3 Å². The van der Waals surface area contributed by atoms with Crippen LogP contribution in [-0.2, 0) is 0 Å². The van der Waals surface area contributed by atoms with Gasteiger partial charge in [0.25, 0.3) is 0 Å². The van der Waals surface area contributed by atoms with E-state index in [1.54, 1.807) is 0 Å². The highest BCUT2D eigenvalue weighted by atomic mass is 79.9. The number of halogens is 4. The van der Waals surface area contributed by atoms with Crippen molar-refractivity contribution in [1.82, 2.24) is 5.32 Å². The largest absolute Gasteiger partial charge is 0.485 e. The predicted molar refractivity (Wildman–Crippen MR) is 75.9 cm³/mol. The van der Waals surface area contributed by atoms with Gasteiger partial charge in [-0.2, -0.15) is 0 Å². The molecule has 3 nitrogen and oxygen atoms in total. The Bertz CT molecular complexity index is 384. The molecular weight excluding hydrogens is 343 g/mol. The molecule has 1 unspecified atom stereocenters. The van der Waals surface area contributed by atoms with E-state index in [1.165, 1.54) is 0 Å². The number of hydrogen-bond acceptors (Lipinski definition) is 3. The molecule has 0 aliphatic heterocycles. The predicted octanol–water partition coefficient (Wildman–Crippen LogP) is 2.89. The second-order valence-corrected chi connectivity index (χ2v) is 5.14. The van der Waals surface area contributed by atoms with Crippen molar-refractivity contribution in [2.45, 2.75) is 26.0 Å². The van der Waals surface area contributed by atoms with Gasteiger partial charge in [0, 0.05) is 17.1 Å². The van der Waals surface area contributed by atoms with Crippen molar-refractivity contribution in [2.24, 2.45) is 0 Å². The molecule has 19 heavy (non-hydrogen) atoms. The van der Waals surface area contributed by atoms with Gasteiger partial charge in [-0.05, 0) is 12.1 Å². The fraction of sp³-hybridized carbons (Fsp3) is 0.500. The first kappa shape index (κ1) is 18.6. The first-order valence-electron chi connectivity index (χ1n) is 5.59. The van der Waals surface area contributed by atoms with E-state index in [1.807, 2.05) is 13.8 Å². The molecule has 0 saturated heterocycles. The van der Waals surface area contributed by atoms with Gasteiger partial charge in [0.2, 0.25) is 0 Å². The molecule has 2 N–H and O–H groups in total. The molecule has 0 bridgehead atoms. The van der Waals surface area contributed by atoms with Gasteiger partial charge in [0.1, 0.15) is 12.7 Å². The van der Waals surface area contributed by atoms with Gasteiger partial charge >= 0.3 is 0 Å². The van der Waals surface area contributed by atoms with Crippen LogP contribution in [0.1, 0.15) is 13.8 Å². The lowest BCUT2D eigenvalue weighted by molar-refractivity contribution is 0.0998. The standard InChI is InChI=1S/C12H16BrF2NO2.ClH/c1-7(2)16-5-9(17)6-18-12-10(14)3-8(13)4-11(12)15;/h3-4,7,9,16-17H,5-6H2,1-2H3;1H. The Kier molecular flexibility index (Phi) is 8.49. The van der Waals surface area contributed by atoms with Gasteiger partial charge in [0.15, 0.2) is 17.4 Å². The molecule has 0 amide bonds. The van der Waals surface area contributed by atoms with E-state index in [0.717, 1.165) is 12.1 Å². The van der Waals surface area contributed by atoms with Crippen molar-refractivity contribution >= 4 is 28.3 Å². The van der Waals surface area contributed by atoms with E-state index < -0.39 is 23.5 Å². The summed E-state index contributed by atoms with van der Waals surface area (Å²) >= 11 is 2.97. The van der Waals surface area contributed by atoms with Crippen molar-refractivity contribution in [1.29, 1.82) is 0 Å². The van der Waals surface area contributed by atoms with Gasteiger partial charge in [-0.3, -0.25) is 0 Å². The molecule has 110 valence electrons. The number of aliphatic hydroxyl groups excluding tert-OH is 1. The van der Waals surface area contributed by atoms with Crippen LogP contribution in [0.25, 0.3) is 0 Å². The Labute approximate surface area is 125 Å². The zero-order valence-electron chi connectivity index (χ0n) is 10.6. The highest BCUT2D eigenvalue weighted by molar-refractivity contribution is 9.10. The quantitative estimate of drug-likeness (QED) is 0.820. The van der Waals surface area contributed by atoms with Crippen molar-refractivity contribution in [3.8, 4) is 5.75 Å². The fourth-order valence-electron chi connectivity index (χ4n) is 1.28. The zero-order valence-corrected chi connectivity index (χ0v) is 13.0. The Balaban J connectivity index is 0.00000324. The summed E-state index contributed by atoms with van der Waals surface area (Å²) in [5, 5.41) is 12.5. The first-order valence-corrected chi connectivity index (χ1v) is 6.38. The number of rotatable bonds is 6. The summed E-state index contributed by atoms with van der Waals surface area (Å²) in [6.07, 6.45) is -0.824. The van der Waals surface area contributed by atoms with Gasteiger partial charge < -0.3 is 15.2 Å². The fourth-order valence-corrected chi connectivity index (χ4v) is 1.68. The maximum absolute atomic E-state index is 13.4. The van der Waals surface area contributed by atoms with Gasteiger partial charge in [0.05, 0.1) is 0 Å². The maximum atomic E-state index is 13.4. The summed E-state index contributed by atoms with van der Waals surface area (Å²) < 4.78 is 32.0. The molecule has 0 heterocycles. The SMILES string of the molecule is CC(C)NCC(O)COc1c(F)cc(Br)cc1F.Cl. The number of aliphatic hydroxyl groups is 1. The number of hydrogen-bond donors (Lipinski definition) is 2. The lowest BCUT2D eigenvalue weighted by atomic mass is 10.3. The lowest BCUT2D eigenvalue weighted by Crippen LogP contribution is -2.35. The zero-order chi connectivity index (χ0) is 13.7. The molecule has 0 spiro atoms. The molecule has 1 aromatic rings. The Morgan fingerprint density at radius 3 is 2.32 bits per heavy atom. The van der Waals surface area contributed by atoms with Gasteiger partial charge in [-0.25, -0.2) is 8.78 Å². The minimum absolute atomic E-state index is 0. The van der Waals surface area contributed by atoms with Crippen LogP contribution in [-0.4, -0.2) is 30.4 Å². The second kappa shape index (κ2) is 8.68. The molecule has 0 aliphatic carbocycles. The molecule has 0 fully saturated rings. The molecule has 1 atom stereocenters. The maximum Gasteiger partial charge on any atom is 0.190 e. The summed E-state index contributed by atoms with van der Waals surface area (Å²) in [5.41, 5.74) is 0. The lowest BCUT2D eigenvalue weighted by Gasteiger charge is -2.15. The summed E-state index contributed by atoms with van der Waals surface area (Å²) in [6, 6.07) is 2.44. The number of nitrogens with one attached hydrogen (secondary N) is 1. The first-order chi connectivity index (χ1) is 8.40. The third-order valence-corrected chi connectivity index (χ3v) is 2.60. The number of benzene rings is 1. The molecule has 0 aromatic heterocycles. The molecule has 0 saturated carbocycles. The highest BCUT2D eigenvalue weighted by Gasteiger charge is 2.14. The van der Waals surface area contributed by atoms with Crippen LogP contribution < -0.4 is 10.1 Å². The second-order valence-electron chi connectivity index (χ2n) is 4.23. The van der Waals surface area contributed by atoms with Gasteiger partial charge in [-0.1, -0.05) is 29.8 Å². The monoisotopic (exact) mass is 359 g/mol. The van der Waals surface area contributed by atoms with E-state index in [2.05, 4.69) is 21.2 Å². The van der Waals surface area contributed by atoms with Crippen LogP contribution in [0, 0.1) is 11.6 Å². The average Bonchev–Trinajstić information content (AvgIpc) is 2.24. The van der Waals surface area contributed by atoms with Gasteiger partial charge in [-0.15, -0.1) is 12.4 Å². The van der Waals surface area contributed by atoms with Crippen LogP contribution in [0.4, 0.5) is 8.78 Å². The van der Waals surface area contributed by atoms with Crippen LogP contribution in [0.3, 0.4) is 0 Å². The van der Waals surface area contributed by atoms with Crippen molar-refractivity contribution in [3.05, 3.63) is 28.2 Å². The van der Waals surface area contributed by atoms with E-state index in [4.69, 9.17) is 4.74 Å². The van der Waals surface area contributed by atoms with Crippen LogP contribution in [0.5, 0.6) is 5.75 Å². The Morgan fingerprint density at radius 2 is 1.84 bits per heavy atom. The average molecular weight is 361 g/mol. The Hall–Kier alpha value is -0.430. The van der Waals surface area contributed by atoms with E-state index in [-0.39, 0.29) is 25.1 Å². The van der Waals surface area contributed by atoms with Crippen molar-refractivity contribution in [2.75, 3.05) is 13.2 Å². The summed E-state index contributed by atoms with van der Waals surface area (Å²) in [5.74, 6) is -2.07. The van der Waals surface area contributed by atoms with Crippen molar-refractivity contribution in [3.63, 3.8) is 0 Å². The summed E-state index contributed by atoms with van der Waals surface area (Å²) in [4.78, 5) is 0. The van der Waals surface area contributed by atoms with Crippen LogP contribution in [0.2, 0.25) is 0 Å². The third-order valence-electron chi connectivity index (χ3n) is 2.14. The molecule has 1 aromatic carbocycles. The van der Waals surface area contributed by atoms with Crippen LogP contribution in [0.15, 0.2) is 16.6 Å². The topological polar surface area (TPSA) is 41.5 Å². The number of ether oxygens (including phenoxy) is 1. The summed E-state index contributed by atoms with van der Waals surface area (Å²) in [7, 11) is 0. The van der Waals surface area contributed by atoms with E-state index >= 15 is 0 Å². The summed E-state index contributed by atoms with van der Waals surface area (Å²) in [6.45, 7) is 4.00. The molecule has 0 radical (unpaired) electrons. The highest BCUT2D eigenvalue weighted by Crippen LogP contribution is 2.25.